The molecule has 284 valence electrons. The Morgan fingerprint density at radius 3 is 2.16 bits per heavy atom. The third kappa shape index (κ3) is 6.00. The predicted octanol–water partition coefficient (Wildman–Crippen LogP) is 4.70. The minimum atomic E-state index is -0.952. The van der Waals surface area contributed by atoms with Crippen LogP contribution in [0.3, 0.4) is 0 Å². The van der Waals surface area contributed by atoms with Gasteiger partial charge in [-0.2, -0.15) is 5.10 Å². The van der Waals surface area contributed by atoms with Gasteiger partial charge >= 0.3 is 0 Å². The van der Waals surface area contributed by atoms with E-state index in [1.165, 1.54) is 6.33 Å². The largest absolute Gasteiger partial charge is 0.457 e. The molecular formula is C42H41N9O5. The number of piperidine rings is 2. The number of para-hydroxylation sites is 1. The summed E-state index contributed by atoms with van der Waals surface area (Å²) in [6, 6.07) is 21.1. The summed E-state index contributed by atoms with van der Waals surface area (Å²) < 4.78 is 8.06. The summed E-state index contributed by atoms with van der Waals surface area (Å²) in [5.41, 5.74) is 11.7. The van der Waals surface area contributed by atoms with Gasteiger partial charge in [-0.3, -0.25) is 34.3 Å². The van der Waals surface area contributed by atoms with Crippen LogP contribution in [0.15, 0.2) is 73.1 Å². The highest BCUT2D eigenvalue weighted by atomic mass is 16.5. The van der Waals surface area contributed by atoms with Gasteiger partial charge in [-0.1, -0.05) is 18.2 Å². The van der Waals surface area contributed by atoms with Crippen molar-refractivity contribution in [2.75, 3.05) is 25.4 Å². The van der Waals surface area contributed by atoms with Gasteiger partial charge in [0.2, 0.25) is 11.8 Å². The van der Waals surface area contributed by atoms with Gasteiger partial charge in [-0.25, -0.2) is 14.6 Å². The van der Waals surface area contributed by atoms with E-state index in [0.29, 0.717) is 28.9 Å². The summed E-state index contributed by atoms with van der Waals surface area (Å²) in [6.07, 6.45) is 6.00. The van der Waals surface area contributed by atoms with Crippen LogP contribution in [0.1, 0.15) is 76.4 Å². The molecule has 4 amide bonds. The number of ether oxygens (including phenoxy) is 1. The van der Waals surface area contributed by atoms with E-state index in [2.05, 4.69) is 29.8 Å². The zero-order valence-electron chi connectivity index (χ0n) is 30.8. The number of carbonyl (C=O) groups is 4. The summed E-state index contributed by atoms with van der Waals surface area (Å²) in [6.45, 7) is 4.41. The van der Waals surface area contributed by atoms with Crippen molar-refractivity contribution in [1.82, 2.24) is 39.8 Å². The molecule has 3 fully saturated rings. The van der Waals surface area contributed by atoms with Gasteiger partial charge in [0.05, 0.1) is 22.6 Å². The van der Waals surface area contributed by atoms with E-state index < -0.39 is 23.8 Å². The molecule has 6 heterocycles. The van der Waals surface area contributed by atoms with Gasteiger partial charge in [0, 0.05) is 50.7 Å². The number of hydrogen-bond acceptors (Lipinski definition) is 11. The quantitative estimate of drug-likeness (QED) is 0.211. The van der Waals surface area contributed by atoms with E-state index in [0.717, 1.165) is 108 Å². The number of nitrogens with two attached hydrogens (primary N) is 1. The number of anilines is 1. The third-order valence-electron chi connectivity index (χ3n) is 12.3. The summed E-state index contributed by atoms with van der Waals surface area (Å²) in [5.74, 6) is 0.648. The van der Waals surface area contributed by atoms with Crippen LogP contribution >= 0.6 is 0 Å². The highest BCUT2D eigenvalue weighted by molar-refractivity contribution is 6.23. The number of fused-ring (bicyclic) bond motifs is 3. The fraction of sp³-hybridized carbons (Fsp3) is 0.357. The molecule has 5 aliphatic rings. The van der Waals surface area contributed by atoms with Gasteiger partial charge < -0.3 is 15.4 Å². The first-order chi connectivity index (χ1) is 27.3. The number of hydrogen-bond donors (Lipinski definition) is 2. The molecule has 1 saturated carbocycles. The van der Waals surface area contributed by atoms with Crippen LogP contribution in [0.4, 0.5) is 5.82 Å². The second kappa shape index (κ2) is 13.6. The molecule has 2 saturated heterocycles. The van der Waals surface area contributed by atoms with Gasteiger partial charge in [-0.05, 0) is 97.7 Å². The zero-order valence-corrected chi connectivity index (χ0v) is 30.8. The van der Waals surface area contributed by atoms with E-state index >= 15 is 0 Å². The number of rotatable bonds is 8. The Morgan fingerprint density at radius 1 is 0.804 bits per heavy atom. The Morgan fingerprint density at radius 2 is 1.48 bits per heavy atom. The normalized spacial score (nSPS) is 23.0. The lowest BCUT2D eigenvalue weighted by Crippen LogP contribution is -2.54. The second-order valence-corrected chi connectivity index (χ2v) is 15.7. The van der Waals surface area contributed by atoms with Gasteiger partial charge in [0.1, 0.15) is 35.4 Å². The molecule has 10 rings (SSSR count). The Kier molecular flexibility index (Phi) is 8.40. The molecule has 0 bridgehead atoms. The van der Waals surface area contributed by atoms with E-state index in [1.807, 2.05) is 66.7 Å². The maximum atomic E-state index is 13.3. The SMILES string of the molecule is Nc1ncnc2c1c(-c1ccc(Oc3ccccc3)cc1)nn2C1CCN(C2CC(CN3Cc4cc5c(cc4C3)C(=O)N(C3CCC(=O)NC3=O)C5=O)C2)CC1. The first kappa shape index (κ1) is 34.5. The lowest BCUT2D eigenvalue weighted by Gasteiger charge is -2.46. The number of nitrogens with zero attached hydrogens (tertiary/aromatic N) is 7. The van der Waals surface area contributed by atoms with Crippen LogP contribution in [0, 0.1) is 5.92 Å². The van der Waals surface area contributed by atoms with E-state index in [-0.39, 0.29) is 24.8 Å². The van der Waals surface area contributed by atoms with Gasteiger partial charge in [-0.15, -0.1) is 0 Å². The second-order valence-electron chi connectivity index (χ2n) is 15.7. The zero-order chi connectivity index (χ0) is 38.1. The van der Waals surface area contributed by atoms with Crippen molar-refractivity contribution < 1.29 is 23.9 Å². The minimum absolute atomic E-state index is 0.105. The molecule has 3 N–H and O–H groups in total. The molecular weight excluding hydrogens is 711 g/mol. The highest BCUT2D eigenvalue weighted by Crippen LogP contribution is 2.40. The molecule has 56 heavy (non-hydrogen) atoms. The number of benzene rings is 3. The lowest BCUT2D eigenvalue weighted by molar-refractivity contribution is -0.136. The third-order valence-corrected chi connectivity index (χ3v) is 12.3. The predicted molar refractivity (Wildman–Crippen MR) is 205 cm³/mol. The number of nitrogens with one attached hydrogen (secondary N) is 1. The Bertz CT molecular complexity index is 2360. The van der Waals surface area contributed by atoms with Crippen molar-refractivity contribution in [1.29, 1.82) is 0 Å². The summed E-state index contributed by atoms with van der Waals surface area (Å²) in [4.78, 5) is 65.8. The number of carbonyl (C=O) groups excluding carboxylic acids is 4. The van der Waals surface area contributed by atoms with E-state index in [4.69, 9.17) is 15.6 Å². The van der Waals surface area contributed by atoms with Gasteiger partial charge in [0.25, 0.3) is 11.8 Å². The van der Waals surface area contributed by atoms with Crippen LogP contribution in [-0.2, 0) is 22.7 Å². The van der Waals surface area contributed by atoms with Crippen LogP contribution in [-0.4, -0.2) is 89.8 Å². The van der Waals surface area contributed by atoms with E-state index in [1.54, 1.807) is 0 Å². The molecule has 14 nitrogen and oxygen atoms in total. The standard InChI is InChI=1S/C42H41N9O5/c43-38-36-37(25-6-8-31(9-7-25)56-30-4-2-1-3-5-30)47-51(39(36)45-23-44-38)28-12-14-49(15-13-28)29-16-24(17-29)20-48-21-26-18-32-33(19-27(26)22-48)42(55)50(41(32)54)34-10-11-35(52)46-40(34)53/h1-9,18-19,23-24,28-29,34H,10-17,20-22H2,(H2,43,44,45)(H,46,52,53). The average Bonchev–Trinajstić information content (AvgIpc) is 3.85. The number of aromatic nitrogens is 4. The summed E-state index contributed by atoms with van der Waals surface area (Å²) in [7, 11) is 0. The van der Waals surface area contributed by atoms with Crippen LogP contribution in [0.2, 0.25) is 0 Å². The molecule has 1 atom stereocenters. The van der Waals surface area contributed by atoms with Crippen LogP contribution < -0.4 is 15.8 Å². The van der Waals surface area contributed by atoms with Crippen molar-refractivity contribution in [2.24, 2.45) is 5.92 Å². The monoisotopic (exact) mass is 751 g/mol. The summed E-state index contributed by atoms with van der Waals surface area (Å²) in [5, 5.41) is 8.14. The fourth-order valence-corrected chi connectivity index (χ4v) is 9.33. The minimum Gasteiger partial charge on any atom is -0.457 e. The molecule has 0 radical (unpaired) electrons. The highest BCUT2D eigenvalue weighted by Gasteiger charge is 2.46. The number of likely N-dealkylation sites (tertiary alicyclic amines) is 1. The molecule has 3 aromatic carbocycles. The average molecular weight is 752 g/mol. The molecule has 1 unspecified atom stereocenters. The van der Waals surface area contributed by atoms with Crippen molar-refractivity contribution in [3.05, 3.63) is 95.3 Å². The molecule has 5 aromatic rings. The molecule has 2 aromatic heterocycles. The van der Waals surface area contributed by atoms with E-state index in [9.17, 15) is 19.2 Å². The molecule has 14 heteroatoms. The van der Waals surface area contributed by atoms with Crippen molar-refractivity contribution in [3.63, 3.8) is 0 Å². The molecule has 0 spiro atoms. The first-order valence-electron chi connectivity index (χ1n) is 19.4. The smallest absolute Gasteiger partial charge is 0.262 e. The van der Waals surface area contributed by atoms with Crippen molar-refractivity contribution >= 4 is 40.5 Å². The first-order valence-corrected chi connectivity index (χ1v) is 19.4. The van der Waals surface area contributed by atoms with Crippen LogP contribution in [0.25, 0.3) is 22.3 Å². The maximum Gasteiger partial charge on any atom is 0.262 e. The number of amides is 4. The Hall–Kier alpha value is -5.99. The number of imide groups is 2. The lowest BCUT2D eigenvalue weighted by atomic mass is 9.78. The Labute approximate surface area is 322 Å². The fourth-order valence-electron chi connectivity index (χ4n) is 9.33. The number of nitrogen functional groups attached to an aromatic ring is 1. The Balaban J connectivity index is 0.744. The van der Waals surface area contributed by atoms with Crippen LogP contribution in [0.5, 0.6) is 11.5 Å². The van der Waals surface area contributed by atoms with Crippen molar-refractivity contribution in [2.45, 2.75) is 69.7 Å². The van der Waals surface area contributed by atoms with Gasteiger partial charge in [0.15, 0.2) is 5.65 Å². The molecule has 1 aliphatic carbocycles. The molecule has 4 aliphatic heterocycles. The summed E-state index contributed by atoms with van der Waals surface area (Å²) >= 11 is 0. The maximum absolute atomic E-state index is 13.3. The topological polar surface area (TPSA) is 169 Å². The van der Waals surface area contributed by atoms with Crippen molar-refractivity contribution in [3.8, 4) is 22.8 Å².